The largest absolute Gasteiger partial charge is 0.462 e. The molecule has 0 radical (unpaired) electrons. The van der Waals surface area contributed by atoms with Gasteiger partial charge in [-0.3, -0.25) is 14.9 Å². The monoisotopic (exact) mass is 424 g/mol. The lowest BCUT2D eigenvalue weighted by Crippen LogP contribution is -2.21. The molecule has 9 nitrogen and oxygen atoms in total. The SMILES string of the molecule is CCOC(=O)c1cc(C(=O)OCC(=O)Nc2ccc(F)c(Cl)c2)cc([N+](=O)[O-])c1. The summed E-state index contributed by atoms with van der Waals surface area (Å²) in [6.45, 7) is 0.859. The van der Waals surface area contributed by atoms with Gasteiger partial charge in [0.1, 0.15) is 5.82 Å². The summed E-state index contributed by atoms with van der Waals surface area (Å²) in [6.07, 6.45) is 0. The van der Waals surface area contributed by atoms with Crippen molar-refractivity contribution in [1.29, 1.82) is 0 Å². The van der Waals surface area contributed by atoms with E-state index in [1.807, 2.05) is 0 Å². The second kappa shape index (κ2) is 9.60. The van der Waals surface area contributed by atoms with Crippen LogP contribution in [-0.4, -0.2) is 36.0 Å². The van der Waals surface area contributed by atoms with Gasteiger partial charge in [0, 0.05) is 17.8 Å². The fraction of sp³-hybridized carbons (Fsp3) is 0.167. The third-order valence-corrected chi connectivity index (χ3v) is 3.70. The first-order chi connectivity index (χ1) is 13.7. The second-order valence-electron chi connectivity index (χ2n) is 5.50. The number of hydrogen-bond donors (Lipinski definition) is 1. The average molecular weight is 425 g/mol. The van der Waals surface area contributed by atoms with Crippen LogP contribution < -0.4 is 5.32 Å². The van der Waals surface area contributed by atoms with Crippen molar-refractivity contribution in [2.75, 3.05) is 18.5 Å². The van der Waals surface area contributed by atoms with Gasteiger partial charge < -0.3 is 14.8 Å². The molecule has 0 unspecified atom stereocenters. The van der Waals surface area contributed by atoms with Gasteiger partial charge in [-0.2, -0.15) is 0 Å². The minimum Gasteiger partial charge on any atom is -0.462 e. The first-order valence-electron chi connectivity index (χ1n) is 8.10. The zero-order valence-corrected chi connectivity index (χ0v) is 15.7. The number of halogens is 2. The van der Waals surface area contributed by atoms with E-state index in [-0.39, 0.29) is 28.4 Å². The first-order valence-corrected chi connectivity index (χ1v) is 8.47. The summed E-state index contributed by atoms with van der Waals surface area (Å²) in [5.41, 5.74) is -0.858. The van der Waals surface area contributed by atoms with E-state index in [0.29, 0.717) is 0 Å². The summed E-state index contributed by atoms with van der Waals surface area (Å²) in [6, 6.07) is 6.40. The molecule has 0 aliphatic rings. The summed E-state index contributed by atoms with van der Waals surface area (Å²) >= 11 is 5.60. The molecule has 0 saturated carbocycles. The molecule has 29 heavy (non-hydrogen) atoms. The fourth-order valence-electron chi connectivity index (χ4n) is 2.15. The number of nitrogens with one attached hydrogen (secondary N) is 1. The molecular weight excluding hydrogens is 411 g/mol. The van der Waals surface area contributed by atoms with Gasteiger partial charge in [0.15, 0.2) is 6.61 Å². The Kier molecular flexibility index (Phi) is 7.21. The average Bonchev–Trinajstić information content (AvgIpc) is 2.68. The Morgan fingerprint density at radius 2 is 1.72 bits per heavy atom. The molecule has 2 aromatic carbocycles. The van der Waals surface area contributed by atoms with E-state index < -0.39 is 40.9 Å². The maximum Gasteiger partial charge on any atom is 0.338 e. The van der Waals surface area contributed by atoms with Gasteiger partial charge in [0.25, 0.3) is 11.6 Å². The summed E-state index contributed by atoms with van der Waals surface area (Å²) in [5, 5.41) is 13.2. The van der Waals surface area contributed by atoms with Crippen LogP contribution in [0, 0.1) is 15.9 Å². The fourth-order valence-corrected chi connectivity index (χ4v) is 2.33. The zero-order chi connectivity index (χ0) is 21.6. The number of ether oxygens (including phenoxy) is 2. The lowest BCUT2D eigenvalue weighted by molar-refractivity contribution is -0.384. The number of nitro groups is 1. The molecule has 0 aliphatic heterocycles. The van der Waals surface area contributed by atoms with Gasteiger partial charge in [-0.25, -0.2) is 14.0 Å². The lowest BCUT2D eigenvalue weighted by Gasteiger charge is -2.08. The van der Waals surface area contributed by atoms with E-state index in [9.17, 15) is 28.9 Å². The Morgan fingerprint density at radius 3 is 2.28 bits per heavy atom. The summed E-state index contributed by atoms with van der Waals surface area (Å²) < 4.78 is 22.7. The Hall–Kier alpha value is -3.53. The number of non-ortho nitro benzene ring substituents is 1. The number of anilines is 1. The predicted octanol–water partition coefficient (Wildman–Crippen LogP) is 3.36. The molecule has 0 spiro atoms. The Labute approximate surface area is 168 Å². The standard InChI is InChI=1S/C18H14ClFN2O7/c1-2-28-17(24)10-5-11(7-13(6-10)22(26)27)18(25)29-9-16(23)21-12-3-4-15(20)14(19)8-12/h3-8H,2,9H2,1H3,(H,21,23). The number of nitrogens with zero attached hydrogens (tertiary/aromatic N) is 1. The van der Waals surface area contributed by atoms with Crippen LogP contribution in [0.4, 0.5) is 15.8 Å². The highest BCUT2D eigenvalue weighted by Gasteiger charge is 2.20. The van der Waals surface area contributed by atoms with Crippen LogP contribution >= 0.6 is 11.6 Å². The molecule has 0 fully saturated rings. The van der Waals surface area contributed by atoms with Crippen LogP contribution in [0.5, 0.6) is 0 Å². The number of esters is 2. The van der Waals surface area contributed by atoms with Crippen molar-refractivity contribution < 1.29 is 33.2 Å². The van der Waals surface area contributed by atoms with Gasteiger partial charge in [-0.1, -0.05) is 11.6 Å². The van der Waals surface area contributed by atoms with Crippen LogP contribution in [0.1, 0.15) is 27.6 Å². The minimum atomic E-state index is -1.06. The second-order valence-corrected chi connectivity index (χ2v) is 5.91. The Morgan fingerprint density at radius 1 is 1.10 bits per heavy atom. The molecule has 0 atom stereocenters. The van der Waals surface area contributed by atoms with Gasteiger partial charge >= 0.3 is 11.9 Å². The maximum atomic E-state index is 13.1. The number of carbonyl (C=O) groups excluding carboxylic acids is 3. The highest BCUT2D eigenvalue weighted by molar-refractivity contribution is 6.31. The van der Waals surface area contributed by atoms with Crippen molar-refractivity contribution in [3.8, 4) is 0 Å². The van der Waals surface area contributed by atoms with Gasteiger partial charge in [0.05, 0.1) is 27.7 Å². The highest BCUT2D eigenvalue weighted by atomic mass is 35.5. The van der Waals surface area contributed by atoms with Crippen LogP contribution in [0.25, 0.3) is 0 Å². The number of nitro benzene ring substituents is 1. The molecular formula is C18H14ClFN2O7. The van der Waals surface area contributed by atoms with Gasteiger partial charge in [-0.05, 0) is 31.2 Å². The number of rotatable bonds is 7. The molecule has 0 aromatic heterocycles. The molecule has 0 saturated heterocycles. The topological polar surface area (TPSA) is 125 Å². The summed E-state index contributed by atoms with van der Waals surface area (Å²) in [5.74, 6) is -3.33. The van der Waals surface area contributed by atoms with Crippen LogP contribution in [0.3, 0.4) is 0 Å². The number of hydrogen-bond acceptors (Lipinski definition) is 7. The normalized spacial score (nSPS) is 10.2. The molecule has 1 amide bonds. The maximum absolute atomic E-state index is 13.1. The van der Waals surface area contributed by atoms with E-state index in [0.717, 1.165) is 24.3 Å². The molecule has 152 valence electrons. The molecule has 0 heterocycles. The van der Waals surface area contributed by atoms with E-state index in [4.69, 9.17) is 21.1 Å². The molecule has 1 N–H and O–H groups in total. The van der Waals surface area contributed by atoms with Crippen LogP contribution in [0.15, 0.2) is 36.4 Å². The van der Waals surface area contributed by atoms with Crippen molar-refractivity contribution in [2.45, 2.75) is 6.92 Å². The van der Waals surface area contributed by atoms with E-state index in [1.54, 1.807) is 6.92 Å². The van der Waals surface area contributed by atoms with Crippen molar-refractivity contribution >= 4 is 40.8 Å². The van der Waals surface area contributed by atoms with Gasteiger partial charge in [0.2, 0.25) is 0 Å². The molecule has 0 bridgehead atoms. The van der Waals surface area contributed by atoms with Crippen molar-refractivity contribution in [3.63, 3.8) is 0 Å². The third kappa shape index (κ3) is 5.98. The van der Waals surface area contributed by atoms with E-state index in [2.05, 4.69) is 5.32 Å². The molecule has 0 aliphatic carbocycles. The number of benzene rings is 2. The van der Waals surface area contributed by atoms with Crippen molar-refractivity contribution in [1.82, 2.24) is 0 Å². The number of carbonyl (C=O) groups is 3. The quantitative estimate of drug-likeness (QED) is 0.410. The highest BCUT2D eigenvalue weighted by Crippen LogP contribution is 2.20. The molecule has 2 aromatic rings. The van der Waals surface area contributed by atoms with Crippen molar-refractivity contribution in [2.24, 2.45) is 0 Å². The van der Waals surface area contributed by atoms with Crippen molar-refractivity contribution in [3.05, 3.63) is 68.5 Å². The Bertz CT molecular complexity index is 981. The smallest absolute Gasteiger partial charge is 0.338 e. The minimum absolute atomic E-state index is 0.0366. The van der Waals surface area contributed by atoms with E-state index >= 15 is 0 Å². The third-order valence-electron chi connectivity index (χ3n) is 3.41. The van der Waals surface area contributed by atoms with Gasteiger partial charge in [-0.15, -0.1) is 0 Å². The number of amides is 1. The predicted molar refractivity (Wildman–Crippen MR) is 99.4 cm³/mol. The van der Waals surface area contributed by atoms with E-state index in [1.165, 1.54) is 12.1 Å². The summed E-state index contributed by atoms with van der Waals surface area (Å²) in [4.78, 5) is 46.1. The molecule has 2 rings (SSSR count). The zero-order valence-electron chi connectivity index (χ0n) is 14.9. The lowest BCUT2D eigenvalue weighted by atomic mass is 10.1. The summed E-state index contributed by atoms with van der Waals surface area (Å²) in [7, 11) is 0. The molecule has 11 heteroatoms. The van der Waals surface area contributed by atoms with Crippen LogP contribution in [-0.2, 0) is 14.3 Å². The van der Waals surface area contributed by atoms with Crippen LogP contribution in [0.2, 0.25) is 5.02 Å². The Balaban J connectivity index is 2.08. The first kappa shape index (κ1) is 21.8.